The first-order chi connectivity index (χ1) is 9.49. The van der Waals surface area contributed by atoms with Gasteiger partial charge in [0.1, 0.15) is 0 Å². The van der Waals surface area contributed by atoms with Crippen LogP contribution in [0.2, 0.25) is 0 Å². The normalized spacial score (nSPS) is 22.4. The lowest BCUT2D eigenvalue weighted by Gasteiger charge is -2.31. The number of carbonyl (C=O) groups is 2. The average molecular weight is 283 g/mol. The van der Waals surface area contributed by atoms with Gasteiger partial charge in [-0.25, -0.2) is 0 Å². The predicted octanol–water partition coefficient (Wildman–Crippen LogP) is 1.09. The molecule has 0 aromatic rings. The third-order valence-corrected chi connectivity index (χ3v) is 4.24. The molecule has 1 heterocycles. The minimum atomic E-state index is 0.0236. The summed E-state index contributed by atoms with van der Waals surface area (Å²) in [5.41, 5.74) is 0. The molecule has 2 atom stereocenters. The first-order valence-electron chi connectivity index (χ1n) is 7.74. The summed E-state index contributed by atoms with van der Waals surface area (Å²) in [6.07, 6.45) is 2.85. The zero-order valence-electron chi connectivity index (χ0n) is 13.3. The summed E-state index contributed by atoms with van der Waals surface area (Å²) in [6.45, 7) is 8.65. The van der Waals surface area contributed by atoms with Crippen molar-refractivity contribution in [1.29, 1.82) is 0 Å². The fourth-order valence-electron chi connectivity index (χ4n) is 2.70. The number of nitrogens with one attached hydrogen (secondary N) is 1. The van der Waals surface area contributed by atoms with E-state index in [2.05, 4.69) is 12.2 Å². The molecule has 1 saturated heterocycles. The molecule has 0 spiro atoms. The van der Waals surface area contributed by atoms with Gasteiger partial charge in [0, 0.05) is 32.6 Å². The molecule has 1 N–H and O–H groups in total. The van der Waals surface area contributed by atoms with Crippen molar-refractivity contribution in [3.63, 3.8) is 0 Å². The summed E-state index contributed by atoms with van der Waals surface area (Å²) in [5.74, 6) is 0.604. The minimum absolute atomic E-state index is 0.0236. The fourth-order valence-corrected chi connectivity index (χ4v) is 2.70. The highest BCUT2D eigenvalue weighted by Crippen LogP contribution is 2.18. The lowest BCUT2D eigenvalue weighted by molar-refractivity contribution is -0.139. The summed E-state index contributed by atoms with van der Waals surface area (Å²) in [5, 5.41) is 3.41. The number of hydrogen-bond acceptors (Lipinski definition) is 3. The van der Waals surface area contributed by atoms with Gasteiger partial charge < -0.3 is 15.1 Å². The van der Waals surface area contributed by atoms with Crippen LogP contribution in [0.25, 0.3) is 0 Å². The second-order valence-corrected chi connectivity index (χ2v) is 5.70. The summed E-state index contributed by atoms with van der Waals surface area (Å²) in [7, 11) is 1.72. The molecule has 1 aliphatic rings. The van der Waals surface area contributed by atoms with Crippen LogP contribution in [0.4, 0.5) is 0 Å². The first-order valence-corrected chi connectivity index (χ1v) is 7.74. The Bertz CT molecular complexity index is 329. The summed E-state index contributed by atoms with van der Waals surface area (Å²) in [6, 6.07) is 0.252. The molecule has 0 radical (unpaired) electrons. The van der Waals surface area contributed by atoms with E-state index in [1.54, 1.807) is 16.8 Å². The van der Waals surface area contributed by atoms with Gasteiger partial charge in [-0.2, -0.15) is 0 Å². The Morgan fingerprint density at radius 3 is 2.40 bits per heavy atom. The molecule has 2 unspecified atom stereocenters. The zero-order valence-corrected chi connectivity index (χ0v) is 13.3. The Morgan fingerprint density at radius 2 is 1.85 bits per heavy atom. The molecular formula is C15H29N3O2. The van der Waals surface area contributed by atoms with Gasteiger partial charge in [-0.05, 0) is 39.2 Å². The Balaban J connectivity index is 2.44. The highest BCUT2D eigenvalue weighted by molar-refractivity contribution is 5.84. The zero-order chi connectivity index (χ0) is 15.1. The van der Waals surface area contributed by atoms with Crippen molar-refractivity contribution in [2.75, 3.05) is 33.2 Å². The van der Waals surface area contributed by atoms with Crippen molar-refractivity contribution in [1.82, 2.24) is 15.1 Å². The molecule has 0 saturated carbocycles. The molecule has 0 aliphatic carbocycles. The lowest BCUT2D eigenvalue weighted by atomic mass is 9.90. The molecule has 20 heavy (non-hydrogen) atoms. The third-order valence-electron chi connectivity index (χ3n) is 4.24. The van der Waals surface area contributed by atoms with E-state index in [9.17, 15) is 9.59 Å². The Kier molecular flexibility index (Phi) is 6.99. The van der Waals surface area contributed by atoms with Crippen LogP contribution in [0.15, 0.2) is 0 Å². The molecule has 5 heteroatoms. The Hall–Kier alpha value is -1.10. The molecule has 0 bridgehead atoms. The highest BCUT2D eigenvalue weighted by Gasteiger charge is 2.25. The van der Waals surface area contributed by atoms with Crippen LogP contribution in [-0.4, -0.2) is 60.9 Å². The smallest absolute Gasteiger partial charge is 0.242 e. The molecule has 2 amide bonds. The second-order valence-electron chi connectivity index (χ2n) is 5.70. The van der Waals surface area contributed by atoms with E-state index in [0.717, 1.165) is 6.54 Å². The van der Waals surface area contributed by atoms with Crippen LogP contribution < -0.4 is 5.32 Å². The monoisotopic (exact) mass is 283 g/mol. The van der Waals surface area contributed by atoms with Gasteiger partial charge >= 0.3 is 0 Å². The standard InChI is InChI=1S/C15H29N3O2/c1-5-18(6-2)15(20)11-17(4)14(19)10-13-12(3)8-7-9-16-13/h12-13,16H,5-11H2,1-4H3. The quantitative estimate of drug-likeness (QED) is 0.794. The SMILES string of the molecule is CCN(CC)C(=O)CN(C)C(=O)CC1NCCCC1C. The van der Waals surface area contributed by atoms with Crippen molar-refractivity contribution in [2.24, 2.45) is 5.92 Å². The molecule has 116 valence electrons. The topological polar surface area (TPSA) is 52.7 Å². The number of carbonyl (C=O) groups excluding carboxylic acids is 2. The van der Waals surface area contributed by atoms with E-state index in [1.807, 2.05) is 13.8 Å². The van der Waals surface area contributed by atoms with Gasteiger partial charge in [0.05, 0.1) is 6.54 Å². The maximum Gasteiger partial charge on any atom is 0.242 e. The number of nitrogens with zero attached hydrogens (tertiary/aromatic N) is 2. The molecule has 5 nitrogen and oxygen atoms in total. The number of likely N-dealkylation sites (N-methyl/N-ethyl adjacent to an activating group) is 2. The van der Waals surface area contributed by atoms with E-state index in [4.69, 9.17) is 0 Å². The molecule has 1 fully saturated rings. The largest absolute Gasteiger partial charge is 0.342 e. The van der Waals surface area contributed by atoms with Crippen molar-refractivity contribution in [2.45, 2.75) is 46.1 Å². The van der Waals surface area contributed by atoms with E-state index >= 15 is 0 Å². The summed E-state index contributed by atoms with van der Waals surface area (Å²) in [4.78, 5) is 27.5. The van der Waals surface area contributed by atoms with Gasteiger partial charge in [-0.3, -0.25) is 9.59 Å². The number of rotatable bonds is 6. The third kappa shape index (κ3) is 4.78. The van der Waals surface area contributed by atoms with Crippen LogP contribution >= 0.6 is 0 Å². The van der Waals surface area contributed by atoms with Crippen molar-refractivity contribution >= 4 is 11.8 Å². The van der Waals surface area contributed by atoms with E-state index in [-0.39, 0.29) is 24.4 Å². The highest BCUT2D eigenvalue weighted by atomic mass is 16.2. The number of amides is 2. The predicted molar refractivity (Wildman–Crippen MR) is 80.4 cm³/mol. The van der Waals surface area contributed by atoms with Crippen LogP contribution in [0, 0.1) is 5.92 Å². The maximum atomic E-state index is 12.2. The van der Waals surface area contributed by atoms with Gasteiger partial charge in [0.15, 0.2) is 0 Å². The van der Waals surface area contributed by atoms with Crippen LogP contribution in [-0.2, 0) is 9.59 Å². The van der Waals surface area contributed by atoms with Crippen LogP contribution in [0.1, 0.15) is 40.0 Å². The molecule has 1 rings (SSSR count). The molecule has 0 aromatic carbocycles. The van der Waals surface area contributed by atoms with Crippen molar-refractivity contribution in [3.05, 3.63) is 0 Å². The Morgan fingerprint density at radius 1 is 1.20 bits per heavy atom. The first kappa shape index (κ1) is 17.0. The van der Waals surface area contributed by atoms with Gasteiger partial charge in [-0.1, -0.05) is 6.92 Å². The summed E-state index contributed by atoms with van der Waals surface area (Å²) < 4.78 is 0. The van der Waals surface area contributed by atoms with Crippen molar-refractivity contribution < 1.29 is 9.59 Å². The molecular weight excluding hydrogens is 254 g/mol. The summed E-state index contributed by atoms with van der Waals surface area (Å²) >= 11 is 0. The number of piperidine rings is 1. The Labute approximate surface area is 122 Å². The van der Waals surface area contributed by atoms with E-state index < -0.39 is 0 Å². The second kappa shape index (κ2) is 8.25. The molecule has 0 aromatic heterocycles. The maximum absolute atomic E-state index is 12.2. The minimum Gasteiger partial charge on any atom is -0.342 e. The van der Waals surface area contributed by atoms with Gasteiger partial charge in [-0.15, -0.1) is 0 Å². The molecule has 1 aliphatic heterocycles. The fraction of sp³-hybridized carbons (Fsp3) is 0.867. The lowest BCUT2D eigenvalue weighted by Crippen LogP contribution is -2.46. The van der Waals surface area contributed by atoms with Crippen LogP contribution in [0.5, 0.6) is 0 Å². The van der Waals surface area contributed by atoms with Gasteiger partial charge in [0.25, 0.3) is 0 Å². The van der Waals surface area contributed by atoms with Crippen LogP contribution in [0.3, 0.4) is 0 Å². The average Bonchev–Trinajstić information content (AvgIpc) is 2.42. The van der Waals surface area contributed by atoms with Crippen molar-refractivity contribution in [3.8, 4) is 0 Å². The van der Waals surface area contributed by atoms with E-state index in [1.165, 1.54) is 12.8 Å². The van der Waals surface area contributed by atoms with Gasteiger partial charge in [0.2, 0.25) is 11.8 Å². The van der Waals surface area contributed by atoms with E-state index in [0.29, 0.717) is 25.4 Å². The number of hydrogen-bond donors (Lipinski definition) is 1.